The van der Waals surface area contributed by atoms with Crippen LogP contribution < -0.4 is 9.64 Å². The summed E-state index contributed by atoms with van der Waals surface area (Å²) in [6.07, 6.45) is 4.35. The number of aromatic nitrogens is 1. The maximum absolute atomic E-state index is 9.03. The molecule has 0 N–H and O–H groups in total. The van der Waals surface area contributed by atoms with Crippen LogP contribution in [-0.4, -0.2) is 25.2 Å². The number of fused-ring (bicyclic) bond motifs is 1. The lowest BCUT2D eigenvalue weighted by Crippen LogP contribution is -2.33. The van der Waals surface area contributed by atoms with Gasteiger partial charge in [0.1, 0.15) is 0 Å². The quantitative estimate of drug-likeness (QED) is 0.660. The summed E-state index contributed by atoms with van der Waals surface area (Å²) in [6, 6.07) is 16.0. The Morgan fingerprint density at radius 2 is 1.85 bits per heavy atom. The first-order valence-corrected chi connectivity index (χ1v) is 9.42. The largest absolute Gasteiger partial charge is 0.494 e. The fraction of sp³-hybridized carbons (Fsp3) is 0.304. The minimum atomic E-state index is 0.658. The van der Waals surface area contributed by atoms with Gasteiger partial charge in [-0.2, -0.15) is 5.26 Å². The van der Waals surface area contributed by atoms with E-state index in [4.69, 9.17) is 15.0 Å². The average molecular weight is 357 g/mol. The van der Waals surface area contributed by atoms with Crippen molar-refractivity contribution in [3.63, 3.8) is 0 Å². The highest BCUT2D eigenvalue weighted by Gasteiger charge is 2.21. The Labute approximate surface area is 160 Å². The van der Waals surface area contributed by atoms with E-state index >= 15 is 0 Å². The van der Waals surface area contributed by atoms with Crippen LogP contribution >= 0.6 is 0 Å². The second kappa shape index (κ2) is 7.28. The number of hydrogen-bond acceptors (Lipinski definition) is 4. The Morgan fingerprint density at radius 1 is 1.11 bits per heavy atom. The van der Waals surface area contributed by atoms with Crippen molar-refractivity contribution in [2.24, 2.45) is 5.92 Å². The number of anilines is 1. The van der Waals surface area contributed by atoms with E-state index in [2.05, 4.69) is 30.0 Å². The van der Waals surface area contributed by atoms with Crippen LogP contribution in [0.4, 0.5) is 5.69 Å². The summed E-state index contributed by atoms with van der Waals surface area (Å²) in [6.45, 7) is 4.40. The Kier molecular flexibility index (Phi) is 4.68. The maximum Gasteiger partial charge on any atom is 0.153 e. The molecule has 1 saturated heterocycles. The second-order valence-electron chi connectivity index (χ2n) is 7.24. The van der Waals surface area contributed by atoms with E-state index in [-0.39, 0.29) is 0 Å². The highest BCUT2D eigenvalue weighted by atomic mass is 16.5. The standard InChI is InChI=1S/C23H23N3O/c1-16-10-12-26(13-11-16)21-15-25-22-19(4-3-5-20(22)23(21)27-2)18-8-6-17(14-24)7-9-18/h3-9,15-16H,10-13H2,1-2H3. The zero-order chi connectivity index (χ0) is 18.8. The molecule has 0 aliphatic carbocycles. The molecule has 1 aliphatic rings. The van der Waals surface area contributed by atoms with Gasteiger partial charge in [0.15, 0.2) is 5.75 Å². The average Bonchev–Trinajstić information content (AvgIpc) is 2.73. The molecule has 3 aromatic rings. The van der Waals surface area contributed by atoms with Crippen LogP contribution in [0.1, 0.15) is 25.3 Å². The summed E-state index contributed by atoms with van der Waals surface area (Å²) < 4.78 is 5.84. The zero-order valence-corrected chi connectivity index (χ0v) is 15.8. The molecule has 0 bridgehead atoms. The normalized spacial score (nSPS) is 14.9. The number of methoxy groups -OCH3 is 1. The molecule has 2 heterocycles. The molecule has 4 nitrogen and oxygen atoms in total. The molecule has 0 unspecified atom stereocenters. The lowest BCUT2D eigenvalue weighted by atomic mass is 9.98. The van der Waals surface area contributed by atoms with Crippen LogP contribution in [0.15, 0.2) is 48.7 Å². The van der Waals surface area contributed by atoms with E-state index in [0.717, 1.165) is 52.5 Å². The maximum atomic E-state index is 9.03. The highest BCUT2D eigenvalue weighted by Crippen LogP contribution is 2.39. The molecule has 0 amide bonds. The Balaban J connectivity index is 1.81. The third kappa shape index (κ3) is 3.21. The van der Waals surface area contributed by atoms with E-state index < -0.39 is 0 Å². The molecule has 0 radical (unpaired) electrons. The first-order valence-electron chi connectivity index (χ1n) is 9.42. The van der Waals surface area contributed by atoms with Crippen molar-refractivity contribution in [3.05, 3.63) is 54.2 Å². The third-order valence-electron chi connectivity index (χ3n) is 5.48. The van der Waals surface area contributed by atoms with Gasteiger partial charge in [0.2, 0.25) is 0 Å². The second-order valence-corrected chi connectivity index (χ2v) is 7.24. The number of hydrogen-bond donors (Lipinski definition) is 0. The number of pyridine rings is 1. The predicted molar refractivity (Wildman–Crippen MR) is 109 cm³/mol. The van der Waals surface area contributed by atoms with Gasteiger partial charge < -0.3 is 9.64 Å². The van der Waals surface area contributed by atoms with E-state index in [9.17, 15) is 0 Å². The monoisotopic (exact) mass is 357 g/mol. The molecule has 27 heavy (non-hydrogen) atoms. The molecule has 4 heteroatoms. The van der Waals surface area contributed by atoms with E-state index in [1.165, 1.54) is 12.8 Å². The molecule has 1 fully saturated rings. The van der Waals surface area contributed by atoms with Gasteiger partial charge in [0.05, 0.1) is 36.1 Å². The SMILES string of the molecule is COc1c(N2CCC(C)CC2)cnc2c(-c3ccc(C#N)cc3)cccc12. The lowest BCUT2D eigenvalue weighted by molar-refractivity contribution is 0.407. The van der Waals surface area contributed by atoms with Gasteiger partial charge in [-0.1, -0.05) is 31.2 Å². The summed E-state index contributed by atoms with van der Waals surface area (Å²) >= 11 is 0. The number of piperidine rings is 1. The van der Waals surface area contributed by atoms with Gasteiger partial charge in [-0.3, -0.25) is 4.98 Å². The molecule has 0 atom stereocenters. The molecule has 2 aromatic carbocycles. The molecule has 0 saturated carbocycles. The smallest absolute Gasteiger partial charge is 0.153 e. The van der Waals surface area contributed by atoms with Gasteiger partial charge in [-0.05, 0) is 42.5 Å². The first-order chi connectivity index (χ1) is 13.2. The van der Waals surface area contributed by atoms with Crippen LogP contribution in [0.2, 0.25) is 0 Å². The van der Waals surface area contributed by atoms with Crippen molar-refractivity contribution < 1.29 is 4.74 Å². The van der Waals surface area contributed by atoms with Crippen LogP contribution in [0.3, 0.4) is 0 Å². The lowest BCUT2D eigenvalue weighted by Gasteiger charge is -2.33. The van der Waals surface area contributed by atoms with Gasteiger partial charge in [-0.25, -0.2) is 0 Å². The van der Waals surface area contributed by atoms with Crippen molar-refractivity contribution in [2.45, 2.75) is 19.8 Å². The predicted octanol–water partition coefficient (Wildman–Crippen LogP) is 5.02. The van der Waals surface area contributed by atoms with Crippen LogP contribution in [0, 0.1) is 17.2 Å². The summed E-state index contributed by atoms with van der Waals surface area (Å²) in [4.78, 5) is 7.20. The summed E-state index contributed by atoms with van der Waals surface area (Å²) in [5.74, 6) is 1.67. The third-order valence-corrected chi connectivity index (χ3v) is 5.48. The van der Waals surface area contributed by atoms with Crippen LogP contribution in [0.25, 0.3) is 22.0 Å². The van der Waals surface area contributed by atoms with Crippen LogP contribution in [0.5, 0.6) is 5.75 Å². The summed E-state index contributed by atoms with van der Waals surface area (Å²) in [7, 11) is 1.74. The minimum absolute atomic E-state index is 0.658. The zero-order valence-electron chi connectivity index (χ0n) is 15.8. The number of benzene rings is 2. The van der Waals surface area contributed by atoms with E-state index in [0.29, 0.717) is 5.56 Å². The number of nitriles is 1. The number of para-hydroxylation sites is 1. The number of rotatable bonds is 3. The molecule has 136 valence electrons. The van der Waals surface area contributed by atoms with Gasteiger partial charge in [-0.15, -0.1) is 0 Å². The summed E-state index contributed by atoms with van der Waals surface area (Å²) in [5, 5.41) is 10.0. The van der Waals surface area contributed by atoms with Crippen molar-refractivity contribution in [3.8, 4) is 22.9 Å². The van der Waals surface area contributed by atoms with Crippen molar-refractivity contribution in [1.82, 2.24) is 4.98 Å². The molecule has 0 spiro atoms. The molecule has 4 rings (SSSR count). The molecular weight excluding hydrogens is 334 g/mol. The molecule has 1 aliphatic heterocycles. The van der Waals surface area contributed by atoms with E-state index in [1.54, 1.807) is 7.11 Å². The van der Waals surface area contributed by atoms with Crippen molar-refractivity contribution in [2.75, 3.05) is 25.1 Å². The summed E-state index contributed by atoms with van der Waals surface area (Å²) in [5.41, 5.74) is 4.76. The van der Waals surface area contributed by atoms with Crippen molar-refractivity contribution >= 4 is 16.6 Å². The number of ether oxygens (including phenoxy) is 1. The van der Waals surface area contributed by atoms with Gasteiger partial charge >= 0.3 is 0 Å². The fourth-order valence-electron chi connectivity index (χ4n) is 3.83. The highest BCUT2D eigenvalue weighted by molar-refractivity contribution is 5.99. The number of nitrogens with zero attached hydrogens (tertiary/aromatic N) is 3. The van der Waals surface area contributed by atoms with Crippen LogP contribution in [-0.2, 0) is 0 Å². The Bertz CT molecular complexity index is 997. The molecule has 1 aromatic heterocycles. The first kappa shape index (κ1) is 17.4. The van der Waals surface area contributed by atoms with Gasteiger partial charge in [0, 0.05) is 24.0 Å². The molecular formula is C23H23N3O. The van der Waals surface area contributed by atoms with Gasteiger partial charge in [0.25, 0.3) is 0 Å². The Morgan fingerprint density at radius 3 is 2.52 bits per heavy atom. The van der Waals surface area contributed by atoms with Crippen molar-refractivity contribution in [1.29, 1.82) is 5.26 Å². The van der Waals surface area contributed by atoms with E-state index in [1.807, 2.05) is 36.5 Å². The topological polar surface area (TPSA) is 49.1 Å². The minimum Gasteiger partial charge on any atom is -0.494 e. The fourth-order valence-corrected chi connectivity index (χ4v) is 3.83. The Hall–Kier alpha value is -3.06.